The van der Waals surface area contributed by atoms with Crippen molar-refractivity contribution in [3.8, 4) is 11.1 Å². The molecule has 0 aliphatic carbocycles. The minimum absolute atomic E-state index is 0.332. The Kier molecular flexibility index (Phi) is 7.93. The molecule has 0 aliphatic rings. The molecule has 1 N–H and O–H groups in total. The van der Waals surface area contributed by atoms with Crippen molar-refractivity contribution in [2.24, 2.45) is 0 Å². The lowest BCUT2D eigenvalue weighted by Crippen LogP contribution is -2.20. The molecule has 0 fully saturated rings. The van der Waals surface area contributed by atoms with Crippen LogP contribution in [0.25, 0.3) is 11.1 Å². The molecule has 8 heteroatoms. The summed E-state index contributed by atoms with van der Waals surface area (Å²) >= 11 is 2.72. The molecule has 0 saturated heterocycles. The highest BCUT2D eigenvalue weighted by molar-refractivity contribution is 14.1. The number of benzene rings is 2. The van der Waals surface area contributed by atoms with Crippen molar-refractivity contribution in [1.29, 1.82) is 0 Å². The predicted octanol–water partition coefficient (Wildman–Crippen LogP) is 7.47. The van der Waals surface area contributed by atoms with E-state index in [0.717, 1.165) is 6.92 Å². The van der Waals surface area contributed by atoms with Gasteiger partial charge in [-0.2, -0.15) is 13.2 Å². The highest BCUT2D eigenvalue weighted by Gasteiger charge is 2.35. The van der Waals surface area contributed by atoms with Gasteiger partial charge in [0.1, 0.15) is 5.82 Å². The Morgan fingerprint density at radius 1 is 1.17 bits per heavy atom. The van der Waals surface area contributed by atoms with Gasteiger partial charge in [-0.15, -0.1) is 0 Å². The molecule has 1 amide bonds. The molecular weight excluding hydrogens is 517 g/mol. The summed E-state index contributed by atoms with van der Waals surface area (Å²) in [7, 11) is 0. The molecular formula is C21H18F4INOS. The number of carbonyl (C=O) groups excluding carboxylic acids is 1. The van der Waals surface area contributed by atoms with Crippen LogP contribution in [0.2, 0.25) is 0 Å². The summed E-state index contributed by atoms with van der Waals surface area (Å²) in [4.78, 5) is 12.6. The fourth-order valence-corrected chi connectivity index (χ4v) is 3.81. The number of hydrogen-bond acceptors (Lipinski definition) is 2. The zero-order valence-corrected chi connectivity index (χ0v) is 18.6. The van der Waals surface area contributed by atoms with Gasteiger partial charge in [0.05, 0.1) is 4.91 Å². The Hall–Kier alpha value is -1.81. The zero-order chi connectivity index (χ0) is 21.8. The van der Waals surface area contributed by atoms with Crippen molar-refractivity contribution in [2.75, 3.05) is 5.32 Å². The van der Waals surface area contributed by atoms with Crippen LogP contribution >= 0.6 is 34.4 Å². The van der Waals surface area contributed by atoms with Crippen LogP contribution in [0.4, 0.5) is 23.2 Å². The van der Waals surface area contributed by atoms with E-state index in [2.05, 4.69) is 11.9 Å². The number of hydrogen-bond donors (Lipinski definition) is 1. The fourth-order valence-electron chi connectivity index (χ4n) is 2.46. The maximum atomic E-state index is 13.8. The molecule has 2 rings (SSSR count). The number of amides is 1. The first-order chi connectivity index (χ1) is 13.5. The van der Waals surface area contributed by atoms with Crippen LogP contribution in [0, 0.1) is 5.82 Å². The summed E-state index contributed by atoms with van der Waals surface area (Å²) in [6, 6.07) is 11.3. The lowest BCUT2D eigenvalue weighted by Gasteiger charge is -2.16. The maximum Gasteiger partial charge on any atom is 0.413 e. The molecule has 0 radical (unpaired) electrons. The van der Waals surface area contributed by atoms with Gasteiger partial charge in [0.2, 0.25) is 0 Å². The molecule has 154 valence electrons. The van der Waals surface area contributed by atoms with Crippen molar-refractivity contribution < 1.29 is 22.4 Å². The average molecular weight is 535 g/mol. The van der Waals surface area contributed by atoms with E-state index in [1.807, 2.05) is 22.6 Å². The van der Waals surface area contributed by atoms with E-state index in [1.54, 1.807) is 36.4 Å². The van der Waals surface area contributed by atoms with Crippen LogP contribution in [-0.2, 0) is 9.22 Å². The lowest BCUT2D eigenvalue weighted by atomic mass is 10.0. The van der Waals surface area contributed by atoms with E-state index in [9.17, 15) is 22.4 Å². The third-order valence-electron chi connectivity index (χ3n) is 3.92. The first kappa shape index (κ1) is 23.5. The third-order valence-corrected chi connectivity index (χ3v) is 5.79. The highest BCUT2D eigenvalue weighted by atomic mass is 127. The lowest BCUT2D eigenvalue weighted by molar-refractivity contribution is -0.114. The summed E-state index contributed by atoms with van der Waals surface area (Å²) in [5, 5.41) is 2.57. The molecule has 0 aliphatic heterocycles. The third kappa shape index (κ3) is 6.08. The summed E-state index contributed by atoms with van der Waals surface area (Å²) in [6.45, 7) is 5.98. The second-order valence-electron chi connectivity index (χ2n) is 6.20. The number of thioether (sulfide) groups is 1. The van der Waals surface area contributed by atoms with Crippen molar-refractivity contribution in [3.05, 3.63) is 75.8 Å². The topological polar surface area (TPSA) is 29.1 Å². The first-order valence-electron chi connectivity index (χ1n) is 8.41. The van der Waals surface area contributed by atoms with Gasteiger partial charge in [0.25, 0.3) is 5.91 Å². The van der Waals surface area contributed by atoms with Crippen LogP contribution < -0.4 is 5.32 Å². The van der Waals surface area contributed by atoms with E-state index in [0.29, 0.717) is 43.5 Å². The van der Waals surface area contributed by atoms with Crippen molar-refractivity contribution in [3.63, 3.8) is 0 Å². The monoisotopic (exact) mass is 535 g/mol. The minimum atomic E-state index is -4.64. The van der Waals surface area contributed by atoms with Crippen LogP contribution in [0.5, 0.6) is 0 Å². The molecule has 0 bridgehead atoms. The van der Waals surface area contributed by atoms with E-state index in [4.69, 9.17) is 0 Å². The van der Waals surface area contributed by atoms with Gasteiger partial charge in [-0.25, -0.2) is 4.39 Å². The van der Waals surface area contributed by atoms with Crippen molar-refractivity contribution in [2.45, 2.75) is 24.5 Å². The van der Waals surface area contributed by atoms with Gasteiger partial charge in [-0.05, 0) is 48.1 Å². The molecule has 0 heterocycles. The van der Waals surface area contributed by atoms with Crippen LogP contribution in [0.3, 0.4) is 0 Å². The molecule has 2 aromatic carbocycles. The number of rotatable bonds is 6. The number of halogens is 5. The van der Waals surface area contributed by atoms with Crippen LogP contribution in [0.1, 0.15) is 19.4 Å². The molecule has 0 saturated carbocycles. The van der Waals surface area contributed by atoms with E-state index < -0.39 is 22.6 Å². The molecule has 2 nitrogen and oxygen atoms in total. The first-order valence-corrected chi connectivity index (χ1v) is 10.8. The molecule has 29 heavy (non-hydrogen) atoms. The van der Waals surface area contributed by atoms with E-state index >= 15 is 0 Å². The number of allylic oxidation sites excluding steroid dienone is 2. The van der Waals surface area contributed by atoms with Crippen molar-refractivity contribution in [1.82, 2.24) is 0 Å². The average Bonchev–Trinajstić information content (AvgIpc) is 2.65. The van der Waals surface area contributed by atoms with Gasteiger partial charge in [-0.3, -0.25) is 4.79 Å². The smallest absolute Gasteiger partial charge is 0.321 e. The Morgan fingerprint density at radius 2 is 1.83 bits per heavy atom. The molecule has 0 atom stereocenters. The fraction of sp³-hybridized carbons (Fsp3) is 0.190. The standard InChI is InChI=1S/C21H18F4INOS/c1-12(2)29-19(13(3)21(23,24)25)20(28)27-18-7-5-4-6-16(18)14-8-9-17(22)15(10-14)11-26/h4-10H,1,11H2,2-3H3,(H,27,28)/b19-13+. The highest BCUT2D eigenvalue weighted by Crippen LogP contribution is 2.37. The number of carbonyl (C=O) groups is 1. The Bertz CT molecular complexity index is 969. The van der Waals surface area contributed by atoms with Crippen molar-refractivity contribution >= 4 is 45.9 Å². The second kappa shape index (κ2) is 9.80. The largest absolute Gasteiger partial charge is 0.413 e. The number of nitrogens with one attached hydrogen (secondary N) is 1. The second-order valence-corrected chi connectivity index (χ2v) is 8.27. The SMILES string of the molecule is C=C(C)S/C(C(=O)Nc1ccccc1-c1ccc(F)c(CI)c1)=C(\C)C(F)(F)F. The number of alkyl halides is 4. The molecule has 0 aromatic heterocycles. The van der Waals surface area contributed by atoms with Crippen LogP contribution in [-0.4, -0.2) is 12.1 Å². The Balaban J connectivity index is 2.47. The Morgan fingerprint density at radius 3 is 2.41 bits per heavy atom. The zero-order valence-electron chi connectivity index (χ0n) is 15.7. The van der Waals surface area contributed by atoms with Gasteiger partial charge >= 0.3 is 6.18 Å². The normalized spacial score (nSPS) is 12.4. The maximum absolute atomic E-state index is 13.8. The Labute approximate surface area is 184 Å². The summed E-state index contributed by atoms with van der Waals surface area (Å²) < 4.78 is 53.9. The van der Waals surface area contributed by atoms with Crippen LogP contribution in [0.15, 0.2) is 64.4 Å². The minimum Gasteiger partial charge on any atom is -0.321 e. The van der Waals surface area contributed by atoms with E-state index in [1.165, 1.54) is 13.0 Å². The molecule has 0 spiro atoms. The van der Waals surface area contributed by atoms with Gasteiger partial charge in [-0.1, -0.05) is 65.2 Å². The molecule has 0 unspecified atom stereocenters. The summed E-state index contributed by atoms with van der Waals surface area (Å²) in [6.07, 6.45) is -4.64. The quantitative estimate of drug-likeness (QED) is 0.180. The summed E-state index contributed by atoms with van der Waals surface area (Å²) in [5.74, 6) is -1.22. The van der Waals surface area contributed by atoms with Gasteiger partial charge in [0.15, 0.2) is 0 Å². The predicted molar refractivity (Wildman–Crippen MR) is 119 cm³/mol. The summed E-state index contributed by atoms with van der Waals surface area (Å²) in [5.41, 5.74) is 1.07. The van der Waals surface area contributed by atoms with E-state index in [-0.39, 0.29) is 5.82 Å². The molecule has 2 aromatic rings. The number of anilines is 1. The number of para-hydroxylation sites is 1. The van der Waals surface area contributed by atoms with Gasteiger partial charge in [0, 0.05) is 21.3 Å². The van der Waals surface area contributed by atoms with Gasteiger partial charge < -0.3 is 5.32 Å².